The van der Waals surface area contributed by atoms with Crippen LogP contribution in [0, 0.1) is 12.3 Å². The monoisotopic (exact) mass is 580 g/mol. The van der Waals surface area contributed by atoms with Gasteiger partial charge in [0, 0.05) is 17.1 Å². The van der Waals surface area contributed by atoms with Crippen molar-refractivity contribution < 1.29 is 20.4 Å². The summed E-state index contributed by atoms with van der Waals surface area (Å²) < 4.78 is 7.66. The van der Waals surface area contributed by atoms with Gasteiger partial charge in [-0.3, -0.25) is 0 Å². The van der Waals surface area contributed by atoms with Crippen LogP contribution < -0.4 is 10.1 Å². The number of benzene rings is 2. The Bertz CT molecular complexity index is 878. The number of halogens is 2. The predicted molar refractivity (Wildman–Crippen MR) is 145 cm³/mol. The van der Waals surface area contributed by atoms with E-state index in [0.717, 1.165) is 36.5 Å². The topological polar surface area (TPSA) is 21.3 Å². The maximum absolute atomic E-state index is 5.93. The number of para-hydroxylation sites is 2. The van der Waals surface area contributed by atoms with Crippen LogP contribution in [0.5, 0.6) is 5.75 Å². The first kappa shape index (κ1) is 30.1. The van der Waals surface area contributed by atoms with Crippen molar-refractivity contribution in [3.63, 3.8) is 0 Å². The molecule has 0 heterocycles. The minimum absolute atomic E-state index is 0.0611. The van der Waals surface area contributed by atoms with Gasteiger partial charge >= 0.3 is 90.3 Å². The number of ether oxygens (including phenoxy) is 1. The molecule has 5 heteroatoms. The number of nitrogens with one attached hydrogen (secondary N) is 1. The van der Waals surface area contributed by atoms with Crippen LogP contribution >= 0.6 is 21.3 Å². The summed E-state index contributed by atoms with van der Waals surface area (Å²) in [5.41, 5.74) is 5.45. The molecule has 2 aromatic carbocycles. The summed E-state index contributed by atoms with van der Waals surface area (Å²) in [6, 6.07) is 14.5. The maximum atomic E-state index is 5.93. The number of anilines is 1. The molecule has 0 aliphatic carbocycles. The molecular weight excluding hydrogens is 538 g/mol. The summed E-state index contributed by atoms with van der Waals surface area (Å²) in [5.74, 6) is 1.65. The van der Waals surface area contributed by atoms with E-state index in [1.807, 2.05) is 42.7 Å². The number of rotatable bonds is 10. The van der Waals surface area contributed by atoms with Gasteiger partial charge in [-0.1, -0.05) is 39.0 Å². The molecule has 1 N–H and O–H groups in total. The minimum atomic E-state index is -0.191. The van der Waals surface area contributed by atoms with Crippen LogP contribution in [0.3, 0.4) is 0 Å². The first-order valence-corrected chi connectivity index (χ1v) is 15.5. The van der Waals surface area contributed by atoms with E-state index in [0.29, 0.717) is 0 Å². The van der Waals surface area contributed by atoms with Gasteiger partial charge in [0.2, 0.25) is 0 Å². The second-order valence-electron chi connectivity index (χ2n) is 10.1. The van der Waals surface area contributed by atoms with Crippen molar-refractivity contribution in [2.75, 3.05) is 11.2 Å². The van der Waals surface area contributed by atoms with Gasteiger partial charge < -0.3 is 5.32 Å². The van der Waals surface area contributed by atoms with Crippen LogP contribution in [0.25, 0.3) is 0 Å². The molecule has 0 saturated carbocycles. The average Bonchev–Trinajstić information content (AvgIpc) is 2.70. The molecule has 0 amide bonds. The van der Waals surface area contributed by atoms with Gasteiger partial charge in [-0.2, -0.15) is 0 Å². The Balaban J connectivity index is 0.000000361. The minimum Gasteiger partial charge on any atom is -0.380 e. The summed E-state index contributed by atoms with van der Waals surface area (Å²) in [6.45, 7) is 17.6. The molecule has 0 aromatic heterocycles. The molecule has 0 aliphatic rings. The fourth-order valence-electron chi connectivity index (χ4n) is 4.09. The van der Waals surface area contributed by atoms with Crippen molar-refractivity contribution in [3.05, 3.63) is 59.2 Å². The molecule has 2 nitrogen and oxygen atoms in total. The SMILES string of the molecule is CC(C)Oc1ccccc1[CH]=[Ru][Cl].CCc1cccc(C)c1NC(C)(C)CC(C)(C)CCCl. The Kier molecular flexibility index (Phi) is 13.2. The van der Waals surface area contributed by atoms with E-state index in [-0.39, 0.29) is 32.7 Å². The summed E-state index contributed by atoms with van der Waals surface area (Å²) in [6.07, 6.45) is 3.42. The fraction of sp³-hybridized carbons (Fsp3) is 0.536. The molecule has 2 rings (SSSR count). The van der Waals surface area contributed by atoms with Gasteiger partial charge in [-0.05, 0) is 56.6 Å². The first-order chi connectivity index (χ1) is 15.4. The van der Waals surface area contributed by atoms with Crippen LogP contribution in [-0.4, -0.2) is 22.1 Å². The molecule has 0 spiro atoms. The van der Waals surface area contributed by atoms with Gasteiger partial charge in [0.25, 0.3) is 0 Å². The average molecular weight is 581 g/mol. The van der Waals surface area contributed by atoms with Gasteiger partial charge in [-0.25, -0.2) is 0 Å². The molecule has 0 fully saturated rings. The quantitative estimate of drug-likeness (QED) is 0.224. The molecular formula is C28H42Cl2NORu. The van der Waals surface area contributed by atoms with Crippen LogP contribution in [0.4, 0.5) is 5.69 Å². The van der Waals surface area contributed by atoms with E-state index >= 15 is 0 Å². The van der Waals surface area contributed by atoms with Crippen LogP contribution in [0.15, 0.2) is 42.5 Å². The molecule has 187 valence electrons. The van der Waals surface area contributed by atoms with Gasteiger partial charge in [0.1, 0.15) is 0 Å². The third-order valence-electron chi connectivity index (χ3n) is 5.33. The zero-order chi connectivity index (χ0) is 25.1. The van der Waals surface area contributed by atoms with Crippen molar-refractivity contribution in [2.24, 2.45) is 5.41 Å². The third kappa shape index (κ3) is 11.4. The molecule has 0 atom stereocenters. The van der Waals surface area contributed by atoms with Gasteiger partial charge in [0.15, 0.2) is 0 Å². The molecule has 0 unspecified atom stereocenters. The van der Waals surface area contributed by atoms with Crippen LogP contribution in [0.2, 0.25) is 0 Å². The smallest absolute Gasteiger partial charge is 0.0406 e. The molecule has 33 heavy (non-hydrogen) atoms. The summed E-state index contributed by atoms with van der Waals surface area (Å²) in [7, 11) is 5.72. The number of hydrogen-bond donors (Lipinski definition) is 1. The summed E-state index contributed by atoms with van der Waals surface area (Å²) in [4.78, 5) is 0. The van der Waals surface area contributed by atoms with Crippen molar-refractivity contribution >= 4 is 31.6 Å². The Morgan fingerprint density at radius 3 is 2.30 bits per heavy atom. The Morgan fingerprint density at radius 2 is 1.73 bits per heavy atom. The molecule has 0 saturated heterocycles. The fourth-order valence-corrected chi connectivity index (χ4v) is 5.71. The summed E-state index contributed by atoms with van der Waals surface area (Å²) in [5, 5.41) is 3.78. The predicted octanol–water partition coefficient (Wildman–Crippen LogP) is 8.65. The number of aryl methyl sites for hydroxylation is 2. The molecule has 0 radical (unpaired) electrons. The second kappa shape index (κ2) is 14.5. The molecule has 0 aliphatic heterocycles. The van der Waals surface area contributed by atoms with Crippen molar-refractivity contribution in [1.29, 1.82) is 0 Å². The van der Waals surface area contributed by atoms with Crippen molar-refractivity contribution in [1.82, 2.24) is 0 Å². The van der Waals surface area contributed by atoms with E-state index in [2.05, 4.69) is 65.1 Å². The van der Waals surface area contributed by atoms with E-state index in [1.165, 1.54) is 16.8 Å². The van der Waals surface area contributed by atoms with Crippen molar-refractivity contribution in [3.8, 4) is 5.75 Å². The van der Waals surface area contributed by atoms with Gasteiger partial charge in [0.05, 0.1) is 0 Å². The Morgan fingerprint density at radius 1 is 1.06 bits per heavy atom. The van der Waals surface area contributed by atoms with Crippen LogP contribution in [-0.2, 0) is 22.1 Å². The second-order valence-corrected chi connectivity index (χ2v) is 12.3. The number of alkyl halides is 1. The number of hydrogen-bond acceptors (Lipinski definition) is 2. The first-order valence-electron chi connectivity index (χ1n) is 11.7. The maximum Gasteiger partial charge on any atom is 0.0406 e. The van der Waals surface area contributed by atoms with E-state index in [9.17, 15) is 0 Å². The van der Waals surface area contributed by atoms with Crippen molar-refractivity contribution in [2.45, 2.75) is 86.3 Å². The van der Waals surface area contributed by atoms with E-state index < -0.39 is 0 Å². The standard InChI is InChI=1S/C18H30ClN.C10H12O.ClH.Ru/c1-7-15-10-8-9-14(2)16(15)20-18(5,6)13-17(3,4)11-12-19;1-8(2)11-10-7-5-4-6-9(10)3;;/h8-10,20H,7,11-13H2,1-6H3;3-8H,1-2H3;1H;/q;;;+1/p-1. The molecule has 2 aromatic rings. The van der Waals surface area contributed by atoms with E-state index in [4.69, 9.17) is 26.0 Å². The van der Waals surface area contributed by atoms with Gasteiger partial charge in [-0.15, -0.1) is 11.6 Å². The third-order valence-corrected chi connectivity index (χ3v) is 6.70. The largest absolute Gasteiger partial charge is 0.380 e. The Labute approximate surface area is 219 Å². The zero-order valence-electron chi connectivity index (χ0n) is 21.5. The van der Waals surface area contributed by atoms with Crippen LogP contribution in [0.1, 0.15) is 78.0 Å². The molecule has 0 bridgehead atoms. The Hall–Kier alpha value is -0.887. The van der Waals surface area contributed by atoms with E-state index in [1.54, 1.807) is 0 Å². The zero-order valence-corrected chi connectivity index (χ0v) is 24.8. The normalized spacial score (nSPS) is 12.2. The summed E-state index contributed by atoms with van der Waals surface area (Å²) >= 11 is 5.74.